The maximum atomic E-state index is 11.7. The maximum Gasteiger partial charge on any atom is 0.296 e. The smallest absolute Gasteiger partial charge is 0.296 e. The first-order valence-corrected chi connectivity index (χ1v) is 11.8. The molecule has 1 aliphatic heterocycles. The number of aromatic nitrogens is 3. The summed E-state index contributed by atoms with van der Waals surface area (Å²) in [7, 11) is -9.38. The Balaban J connectivity index is 2.05. The number of nitrogens with zero attached hydrogens (tertiary/aromatic N) is 4. The zero-order valence-electron chi connectivity index (χ0n) is 16.1. The lowest BCUT2D eigenvalue weighted by atomic mass is 10.3. The van der Waals surface area contributed by atoms with Gasteiger partial charge in [0.25, 0.3) is 20.2 Å². The van der Waals surface area contributed by atoms with Gasteiger partial charge in [-0.05, 0) is 18.2 Å². The topological polar surface area (TPSA) is 210 Å². The molecule has 0 saturated carbocycles. The van der Waals surface area contributed by atoms with Crippen LogP contribution in [-0.2, 0) is 25.0 Å². The Bertz CT molecular complexity index is 1150. The van der Waals surface area contributed by atoms with Crippen LogP contribution in [0.3, 0.4) is 0 Å². The van der Waals surface area contributed by atoms with Crippen LogP contribution in [0.5, 0.6) is 0 Å². The molecule has 1 saturated heterocycles. The van der Waals surface area contributed by atoms with Crippen molar-refractivity contribution in [2.75, 3.05) is 54.9 Å². The van der Waals surface area contributed by atoms with Gasteiger partial charge in [0.1, 0.15) is 4.90 Å². The average molecular weight is 476 g/mol. The molecular formula is C15H21N7O7S2. The minimum atomic E-state index is -4.74. The molecule has 0 radical (unpaired) electrons. The third kappa shape index (κ3) is 5.96. The monoisotopic (exact) mass is 475 g/mol. The van der Waals surface area contributed by atoms with Crippen molar-refractivity contribution >= 4 is 43.8 Å². The SMILES string of the molecule is NCCNc1nc(Nc2cc(S(=O)(=O)O)ccc2S(=O)(=O)O)nc(N2CCOCC2)n1. The predicted molar refractivity (Wildman–Crippen MR) is 110 cm³/mol. The van der Waals surface area contributed by atoms with E-state index in [4.69, 9.17) is 10.5 Å². The first-order valence-electron chi connectivity index (χ1n) is 8.96. The van der Waals surface area contributed by atoms with Gasteiger partial charge in [0, 0.05) is 26.2 Å². The quantitative estimate of drug-likeness (QED) is 0.299. The number of hydrogen-bond acceptors (Lipinski definition) is 12. The molecule has 2 aromatic rings. The number of nitrogens with two attached hydrogens (primary N) is 1. The van der Waals surface area contributed by atoms with Gasteiger partial charge in [0.05, 0.1) is 23.8 Å². The summed E-state index contributed by atoms with van der Waals surface area (Å²) in [5.41, 5.74) is 5.13. The van der Waals surface area contributed by atoms with Gasteiger partial charge in [-0.25, -0.2) is 0 Å². The van der Waals surface area contributed by atoms with E-state index in [1.165, 1.54) is 0 Å². The number of anilines is 4. The molecule has 1 aromatic heterocycles. The van der Waals surface area contributed by atoms with Gasteiger partial charge in [-0.2, -0.15) is 31.8 Å². The van der Waals surface area contributed by atoms with Crippen LogP contribution < -0.4 is 21.3 Å². The minimum absolute atomic E-state index is 0.131. The summed E-state index contributed by atoms with van der Waals surface area (Å²) < 4.78 is 70.5. The fraction of sp³-hybridized carbons (Fsp3) is 0.400. The Hall–Kier alpha value is -2.63. The molecule has 1 aromatic carbocycles. The van der Waals surface area contributed by atoms with Crippen molar-refractivity contribution in [3.05, 3.63) is 18.2 Å². The van der Waals surface area contributed by atoms with Gasteiger partial charge in [-0.1, -0.05) is 0 Å². The lowest BCUT2D eigenvalue weighted by molar-refractivity contribution is 0.122. The molecule has 0 spiro atoms. The molecule has 1 aliphatic rings. The van der Waals surface area contributed by atoms with E-state index < -0.39 is 30.0 Å². The molecule has 1 fully saturated rings. The van der Waals surface area contributed by atoms with Crippen molar-refractivity contribution in [3.8, 4) is 0 Å². The predicted octanol–water partition coefficient (Wildman–Crippen LogP) is -0.684. The van der Waals surface area contributed by atoms with Crippen LogP contribution in [0.1, 0.15) is 0 Å². The van der Waals surface area contributed by atoms with Crippen molar-refractivity contribution in [2.45, 2.75) is 9.79 Å². The van der Waals surface area contributed by atoms with Gasteiger partial charge in [-0.3, -0.25) is 9.11 Å². The number of hydrogen-bond donors (Lipinski definition) is 5. The highest BCUT2D eigenvalue weighted by Gasteiger charge is 2.22. The average Bonchev–Trinajstić information content (AvgIpc) is 2.71. The molecule has 0 aliphatic carbocycles. The molecule has 0 unspecified atom stereocenters. The molecule has 0 atom stereocenters. The van der Waals surface area contributed by atoms with Crippen molar-refractivity contribution < 1.29 is 30.7 Å². The maximum absolute atomic E-state index is 11.7. The van der Waals surface area contributed by atoms with E-state index in [0.717, 1.165) is 18.2 Å². The molecular weight excluding hydrogens is 454 g/mol. The second-order valence-electron chi connectivity index (χ2n) is 6.33. The van der Waals surface area contributed by atoms with Crippen LogP contribution in [0.4, 0.5) is 23.5 Å². The van der Waals surface area contributed by atoms with E-state index in [-0.39, 0.29) is 23.5 Å². The standard InChI is InChI=1S/C15H21N7O7S2/c16-3-4-17-13-19-14(21-15(20-13)22-5-7-29-8-6-22)18-11-9-10(30(23,24)25)1-2-12(11)31(26,27)28/h1-2,9H,3-8,16H2,(H,23,24,25)(H,26,27,28)(H2,17,18,19,20,21). The number of rotatable bonds is 8. The Labute approximate surface area is 178 Å². The third-order valence-electron chi connectivity index (χ3n) is 4.12. The molecule has 6 N–H and O–H groups in total. The van der Waals surface area contributed by atoms with Gasteiger partial charge in [-0.15, -0.1) is 0 Å². The lowest BCUT2D eigenvalue weighted by Crippen LogP contribution is -2.37. The van der Waals surface area contributed by atoms with Gasteiger partial charge in [0.15, 0.2) is 0 Å². The molecule has 170 valence electrons. The minimum Gasteiger partial charge on any atom is -0.378 e. The van der Waals surface area contributed by atoms with Crippen LogP contribution >= 0.6 is 0 Å². The zero-order chi connectivity index (χ0) is 22.6. The van der Waals surface area contributed by atoms with Gasteiger partial charge >= 0.3 is 0 Å². The largest absolute Gasteiger partial charge is 0.378 e. The van der Waals surface area contributed by atoms with Gasteiger partial charge in [0.2, 0.25) is 17.8 Å². The van der Waals surface area contributed by atoms with Crippen LogP contribution in [0, 0.1) is 0 Å². The van der Waals surface area contributed by atoms with E-state index in [2.05, 4.69) is 25.6 Å². The highest BCUT2D eigenvalue weighted by Crippen LogP contribution is 2.28. The summed E-state index contributed by atoms with van der Waals surface area (Å²) in [4.78, 5) is 13.3. The van der Waals surface area contributed by atoms with Crippen LogP contribution in [0.15, 0.2) is 28.0 Å². The number of ether oxygens (including phenoxy) is 1. The van der Waals surface area contributed by atoms with E-state index in [9.17, 15) is 25.9 Å². The second-order valence-corrected chi connectivity index (χ2v) is 9.14. The Morgan fingerprint density at radius 1 is 1.03 bits per heavy atom. The molecule has 0 amide bonds. The van der Waals surface area contributed by atoms with Crippen LogP contribution in [-0.4, -0.2) is 80.3 Å². The van der Waals surface area contributed by atoms with Crippen LogP contribution in [0.2, 0.25) is 0 Å². The molecule has 16 heteroatoms. The number of benzene rings is 1. The lowest BCUT2D eigenvalue weighted by Gasteiger charge is -2.27. The first-order chi connectivity index (χ1) is 14.6. The summed E-state index contributed by atoms with van der Waals surface area (Å²) in [5.74, 6) is 0.275. The van der Waals surface area contributed by atoms with E-state index in [0.29, 0.717) is 39.4 Å². The fourth-order valence-electron chi connectivity index (χ4n) is 2.70. The van der Waals surface area contributed by atoms with Crippen LogP contribution in [0.25, 0.3) is 0 Å². The molecule has 31 heavy (non-hydrogen) atoms. The van der Waals surface area contributed by atoms with Crippen molar-refractivity contribution in [3.63, 3.8) is 0 Å². The normalized spacial score (nSPS) is 15.0. The zero-order valence-corrected chi connectivity index (χ0v) is 17.7. The van der Waals surface area contributed by atoms with E-state index in [1.807, 2.05) is 4.90 Å². The summed E-state index contributed by atoms with van der Waals surface area (Å²) in [6, 6.07) is 2.51. The van der Waals surface area contributed by atoms with Crippen molar-refractivity contribution in [1.29, 1.82) is 0 Å². The summed E-state index contributed by atoms with van der Waals surface area (Å²) in [5, 5.41) is 5.47. The summed E-state index contributed by atoms with van der Waals surface area (Å²) >= 11 is 0. The highest BCUT2D eigenvalue weighted by molar-refractivity contribution is 7.86. The molecule has 2 heterocycles. The summed E-state index contributed by atoms with van der Waals surface area (Å²) in [6.45, 7) is 2.58. The van der Waals surface area contributed by atoms with E-state index in [1.54, 1.807) is 0 Å². The second kappa shape index (κ2) is 9.25. The Morgan fingerprint density at radius 2 is 1.71 bits per heavy atom. The molecule has 14 nitrogen and oxygen atoms in total. The summed E-state index contributed by atoms with van der Waals surface area (Å²) in [6.07, 6.45) is 0. The molecule has 0 bridgehead atoms. The Morgan fingerprint density at radius 3 is 2.32 bits per heavy atom. The fourth-order valence-corrected chi connectivity index (χ4v) is 3.84. The van der Waals surface area contributed by atoms with Crippen molar-refractivity contribution in [1.82, 2.24) is 15.0 Å². The first kappa shape index (κ1) is 23.0. The van der Waals surface area contributed by atoms with E-state index >= 15 is 0 Å². The number of nitrogens with one attached hydrogen (secondary N) is 2. The number of morpholine rings is 1. The van der Waals surface area contributed by atoms with Gasteiger partial charge < -0.3 is 26.0 Å². The molecule has 3 rings (SSSR count). The van der Waals surface area contributed by atoms with Crippen molar-refractivity contribution in [2.24, 2.45) is 5.73 Å². The highest BCUT2D eigenvalue weighted by atomic mass is 32.2. The third-order valence-corrected chi connectivity index (χ3v) is 5.88. The Kier molecular flexibility index (Phi) is 6.87.